The molecular weight excluding hydrogens is 274 g/mol. The molecule has 2 aromatic rings. The third-order valence-electron chi connectivity index (χ3n) is 3.32. The predicted molar refractivity (Wildman–Crippen MR) is 78.7 cm³/mol. The summed E-state index contributed by atoms with van der Waals surface area (Å²) in [5, 5.41) is 4.66. The Morgan fingerprint density at radius 2 is 2.30 bits per heavy atom. The Bertz CT molecular complexity index is 606. The minimum atomic E-state index is 0.274. The highest BCUT2D eigenvalue weighted by Crippen LogP contribution is 2.31. The number of benzene rings is 1. The number of ether oxygens (including phenoxy) is 1. The fourth-order valence-electron chi connectivity index (χ4n) is 2.12. The molecule has 0 atom stereocenters. The SMILES string of the molecule is CCOc1ccc2scc(CON(C=O)C3CC3)c2c1. The first-order valence-corrected chi connectivity index (χ1v) is 7.69. The first-order chi connectivity index (χ1) is 9.81. The molecule has 1 aliphatic rings. The van der Waals surface area contributed by atoms with E-state index in [9.17, 15) is 4.79 Å². The molecule has 20 heavy (non-hydrogen) atoms. The summed E-state index contributed by atoms with van der Waals surface area (Å²) in [6.07, 6.45) is 2.85. The number of carbonyl (C=O) groups excluding carboxylic acids is 1. The van der Waals surface area contributed by atoms with E-state index in [1.54, 1.807) is 11.3 Å². The van der Waals surface area contributed by atoms with Crippen molar-refractivity contribution < 1.29 is 14.4 Å². The summed E-state index contributed by atoms with van der Waals surface area (Å²) >= 11 is 1.68. The number of carbonyl (C=O) groups is 1. The second-order valence-corrected chi connectivity index (χ2v) is 5.73. The Hall–Kier alpha value is -1.59. The van der Waals surface area contributed by atoms with Gasteiger partial charge >= 0.3 is 0 Å². The van der Waals surface area contributed by atoms with E-state index >= 15 is 0 Å². The van der Waals surface area contributed by atoms with Crippen molar-refractivity contribution in [2.24, 2.45) is 0 Å². The molecule has 1 aromatic carbocycles. The largest absolute Gasteiger partial charge is 0.494 e. The molecule has 0 radical (unpaired) electrons. The van der Waals surface area contributed by atoms with Gasteiger partial charge in [0.1, 0.15) is 12.4 Å². The Kier molecular flexibility index (Phi) is 3.89. The van der Waals surface area contributed by atoms with Crippen molar-refractivity contribution >= 4 is 27.8 Å². The van der Waals surface area contributed by atoms with Gasteiger partial charge in [-0.25, -0.2) is 5.06 Å². The Morgan fingerprint density at radius 3 is 3.00 bits per heavy atom. The van der Waals surface area contributed by atoms with Gasteiger partial charge in [-0.15, -0.1) is 11.3 Å². The summed E-state index contributed by atoms with van der Waals surface area (Å²) in [7, 11) is 0. The molecule has 1 fully saturated rings. The molecule has 3 rings (SSSR count). The number of nitrogens with zero attached hydrogens (tertiary/aromatic N) is 1. The van der Waals surface area contributed by atoms with Crippen LogP contribution in [-0.2, 0) is 16.2 Å². The first-order valence-electron chi connectivity index (χ1n) is 6.81. The minimum absolute atomic E-state index is 0.274. The van der Waals surface area contributed by atoms with Crippen molar-refractivity contribution in [1.82, 2.24) is 5.06 Å². The van der Waals surface area contributed by atoms with Crippen molar-refractivity contribution in [3.63, 3.8) is 0 Å². The Balaban J connectivity index is 1.76. The van der Waals surface area contributed by atoms with E-state index in [1.807, 2.05) is 19.1 Å². The average Bonchev–Trinajstić information content (AvgIpc) is 3.22. The van der Waals surface area contributed by atoms with E-state index in [0.717, 1.165) is 36.0 Å². The quantitative estimate of drug-likeness (QED) is 0.580. The molecular formula is C15H17NO3S. The van der Waals surface area contributed by atoms with Crippen LogP contribution in [0.2, 0.25) is 0 Å². The lowest BCUT2D eigenvalue weighted by molar-refractivity contribution is -0.180. The van der Waals surface area contributed by atoms with E-state index in [2.05, 4.69) is 11.4 Å². The van der Waals surface area contributed by atoms with E-state index < -0.39 is 0 Å². The number of thiophene rings is 1. The summed E-state index contributed by atoms with van der Waals surface area (Å²) in [6, 6.07) is 6.36. The smallest absolute Gasteiger partial charge is 0.233 e. The van der Waals surface area contributed by atoms with Gasteiger partial charge in [-0.05, 0) is 48.9 Å². The third-order valence-corrected chi connectivity index (χ3v) is 4.33. The molecule has 1 heterocycles. The number of hydroxylamine groups is 2. The zero-order valence-electron chi connectivity index (χ0n) is 11.4. The summed E-state index contributed by atoms with van der Waals surface area (Å²) in [4.78, 5) is 16.5. The van der Waals surface area contributed by atoms with Crippen LogP contribution in [0, 0.1) is 0 Å². The van der Waals surface area contributed by atoms with Crippen LogP contribution in [0.5, 0.6) is 5.75 Å². The molecule has 0 aliphatic heterocycles. The fourth-order valence-corrected chi connectivity index (χ4v) is 3.05. The summed E-state index contributed by atoms with van der Waals surface area (Å²) in [5.41, 5.74) is 1.10. The van der Waals surface area contributed by atoms with Gasteiger partial charge in [0, 0.05) is 10.1 Å². The van der Waals surface area contributed by atoms with Crippen LogP contribution in [0.3, 0.4) is 0 Å². The van der Waals surface area contributed by atoms with Crippen LogP contribution in [0.15, 0.2) is 23.6 Å². The van der Waals surface area contributed by atoms with E-state index in [4.69, 9.17) is 9.57 Å². The highest BCUT2D eigenvalue weighted by Gasteiger charge is 2.29. The van der Waals surface area contributed by atoms with Gasteiger partial charge in [-0.3, -0.25) is 9.63 Å². The van der Waals surface area contributed by atoms with E-state index in [-0.39, 0.29) is 6.04 Å². The van der Waals surface area contributed by atoms with Crippen molar-refractivity contribution in [3.05, 3.63) is 29.1 Å². The zero-order valence-corrected chi connectivity index (χ0v) is 12.2. The second-order valence-electron chi connectivity index (χ2n) is 4.82. The molecule has 0 saturated heterocycles. The lowest BCUT2D eigenvalue weighted by atomic mass is 10.2. The van der Waals surface area contributed by atoms with Gasteiger partial charge in [-0.2, -0.15) is 0 Å². The zero-order chi connectivity index (χ0) is 13.9. The van der Waals surface area contributed by atoms with Crippen molar-refractivity contribution in [2.45, 2.75) is 32.4 Å². The molecule has 1 saturated carbocycles. The van der Waals surface area contributed by atoms with Gasteiger partial charge in [0.05, 0.1) is 12.6 Å². The fraction of sp³-hybridized carbons (Fsp3) is 0.400. The van der Waals surface area contributed by atoms with Gasteiger partial charge in [0.2, 0.25) is 6.41 Å². The first kappa shape index (κ1) is 13.4. The highest BCUT2D eigenvalue weighted by molar-refractivity contribution is 7.17. The molecule has 1 aliphatic carbocycles. The average molecular weight is 291 g/mol. The van der Waals surface area contributed by atoms with Gasteiger partial charge in [0.25, 0.3) is 0 Å². The molecule has 4 nitrogen and oxygen atoms in total. The molecule has 5 heteroatoms. The van der Waals surface area contributed by atoms with Crippen LogP contribution in [0.4, 0.5) is 0 Å². The molecule has 0 spiro atoms. The summed E-state index contributed by atoms with van der Waals surface area (Å²) in [6.45, 7) is 3.05. The highest BCUT2D eigenvalue weighted by atomic mass is 32.1. The predicted octanol–water partition coefficient (Wildman–Crippen LogP) is 3.35. The number of hydrogen-bond acceptors (Lipinski definition) is 4. The van der Waals surface area contributed by atoms with Crippen LogP contribution < -0.4 is 4.74 Å². The monoisotopic (exact) mass is 291 g/mol. The second kappa shape index (κ2) is 5.81. The number of rotatable bonds is 7. The van der Waals surface area contributed by atoms with Crippen LogP contribution in [-0.4, -0.2) is 24.1 Å². The maximum absolute atomic E-state index is 10.9. The standard InChI is InChI=1S/C15H17NO3S/c1-2-18-13-5-6-15-14(7-13)11(9-20-15)8-19-16(10-17)12-3-4-12/h5-7,9-10,12H,2-4,8H2,1H3. The lowest BCUT2D eigenvalue weighted by Gasteiger charge is -2.15. The van der Waals surface area contributed by atoms with Crippen molar-refractivity contribution in [3.8, 4) is 5.75 Å². The molecule has 0 bridgehead atoms. The Morgan fingerprint density at radius 1 is 1.45 bits per heavy atom. The van der Waals surface area contributed by atoms with Gasteiger partial charge in [-0.1, -0.05) is 0 Å². The molecule has 0 unspecified atom stereocenters. The maximum Gasteiger partial charge on any atom is 0.233 e. The molecule has 1 aromatic heterocycles. The maximum atomic E-state index is 10.9. The van der Waals surface area contributed by atoms with Crippen molar-refractivity contribution in [2.75, 3.05) is 6.61 Å². The molecule has 1 amide bonds. The van der Waals surface area contributed by atoms with Crippen LogP contribution >= 0.6 is 11.3 Å². The van der Waals surface area contributed by atoms with E-state index in [1.165, 1.54) is 9.76 Å². The van der Waals surface area contributed by atoms with Crippen molar-refractivity contribution in [1.29, 1.82) is 0 Å². The van der Waals surface area contributed by atoms with Gasteiger partial charge < -0.3 is 4.74 Å². The normalized spacial score (nSPS) is 14.4. The minimum Gasteiger partial charge on any atom is -0.494 e. The number of fused-ring (bicyclic) bond motifs is 1. The topological polar surface area (TPSA) is 38.8 Å². The lowest BCUT2D eigenvalue weighted by Crippen LogP contribution is -2.24. The third kappa shape index (κ3) is 2.78. The Labute approximate surface area is 121 Å². The summed E-state index contributed by atoms with van der Waals surface area (Å²) in [5.74, 6) is 0.870. The van der Waals surface area contributed by atoms with Crippen LogP contribution in [0.25, 0.3) is 10.1 Å². The number of amides is 1. The summed E-state index contributed by atoms with van der Waals surface area (Å²) < 4.78 is 6.74. The number of hydrogen-bond donors (Lipinski definition) is 0. The molecule has 106 valence electrons. The van der Waals surface area contributed by atoms with Gasteiger partial charge in [0.15, 0.2) is 0 Å². The van der Waals surface area contributed by atoms with Crippen LogP contribution in [0.1, 0.15) is 25.3 Å². The van der Waals surface area contributed by atoms with E-state index in [0.29, 0.717) is 13.2 Å². The molecule has 0 N–H and O–H groups in total.